The number of anilines is 1. The molecule has 4 rings (SSSR count). The third-order valence-electron chi connectivity index (χ3n) is 5.43. The van der Waals surface area contributed by atoms with Crippen molar-refractivity contribution in [2.45, 2.75) is 32.3 Å². The van der Waals surface area contributed by atoms with Gasteiger partial charge in [0.1, 0.15) is 11.3 Å². The van der Waals surface area contributed by atoms with E-state index < -0.39 is 5.60 Å². The van der Waals surface area contributed by atoms with E-state index >= 15 is 0 Å². The molecule has 1 atom stereocenters. The van der Waals surface area contributed by atoms with Crippen LogP contribution in [-0.2, 0) is 11.2 Å². The molecule has 1 aromatic carbocycles. The maximum absolute atomic E-state index is 12.2. The summed E-state index contributed by atoms with van der Waals surface area (Å²) in [6, 6.07) is 7.64. The van der Waals surface area contributed by atoms with Crippen LogP contribution in [0, 0.1) is 17.8 Å². The molecule has 1 aliphatic rings. The zero-order chi connectivity index (χ0) is 22.2. The molecule has 0 bridgehead atoms. The topological polar surface area (TPSA) is 105 Å². The van der Waals surface area contributed by atoms with Gasteiger partial charge in [-0.3, -0.25) is 4.79 Å². The first-order valence-corrected chi connectivity index (χ1v) is 10.3. The second-order valence-corrected chi connectivity index (χ2v) is 8.38. The van der Waals surface area contributed by atoms with E-state index in [2.05, 4.69) is 40.6 Å². The molecule has 31 heavy (non-hydrogen) atoms. The van der Waals surface area contributed by atoms with Crippen LogP contribution >= 0.6 is 0 Å². The van der Waals surface area contributed by atoms with Gasteiger partial charge in [0.2, 0.25) is 5.60 Å². The van der Waals surface area contributed by atoms with Crippen LogP contribution in [0.25, 0.3) is 22.3 Å². The largest absolute Gasteiger partial charge is 0.382 e. The number of fused-ring (bicyclic) bond motifs is 1. The second-order valence-electron chi connectivity index (χ2n) is 8.38. The number of nitrogen functional groups attached to an aromatic ring is 1. The molecule has 1 amide bonds. The number of hydrogen-bond acceptors (Lipinski definition) is 6. The second kappa shape index (κ2) is 7.97. The SMILES string of the molecule is CC(C)Cc1ccc(C#C[C@]2(O)CCN(C)C2=O)cc1-c1ncc2ccnc(N)c2n1. The lowest BCUT2D eigenvalue weighted by molar-refractivity contribution is -0.137. The quantitative estimate of drug-likeness (QED) is 0.637. The zero-order valence-corrected chi connectivity index (χ0v) is 17.9. The first kappa shape index (κ1) is 20.8. The standard InChI is InChI=1S/C24H25N5O2/c1-15(2)12-17-5-4-16(6-8-24(31)9-11-29(3)23(24)30)13-19(17)22-27-14-18-7-10-26-21(25)20(18)28-22/h4-5,7,10,13-15,31H,9,11-12H2,1-3H3,(H2,25,26)/t24-/m0/s1. The van der Waals surface area contributed by atoms with Gasteiger partial charge in [-0.1, -0.05) is 31.8 Å². The number of benzene rings is 1. The number of nitrogens with two attached hydrogens (primary N) is 1. The van der Waals surface area contributed by atoms with Crippen molar-refractivity contribution in [1.82, 2.24) is 19.9 Å². The number of pyridine rings is 1. The first-order chi connectivity index (χ1) is 14.8. The van der Waals surface area contributed by atoms with E-state index in [0.29, 0.717) is 41.6 Å². The normalized spacial score (nSPS) is 18.5. The van der Waals surface area contributed by atoms with Crippen LogP contribution in [0.4, 0.5) is 5.82 Å². The molecule has 1 aliphatic heterocycles. The minimum absolute atomic E-state index is 0.299. The van der Waals surface area contributed by atoms with E-state index in [9.17, 15) is 9.90 Å². The fourth-order valence-electron chi connectivity index (χ4n) is 3.73. The molecule has 158 valence electrons. The van der Waals surface area contributed by atoms with Gasteiger partial charge in [-0.2, -0.15) is 0 Å². The van der Waals surface area contributed by atoms with Crippen molar-refractivity contribution in [3.63, 3.8) is 0 Å². The van der Waals surface area contributed by atoms with Gasteiger partial charge < -0.3 is 15.7 Å². The lowest BCUT2D eigenvalue weighted by Gasteiger charge is -2.14. The predicted molar refractivity (Wildman–Crippen MR) is 120 cm³/mol. The van der Waals surface area contributed by atoms with E-state index in [1.54, 1.807) is 19.4 Å². The molecule has 0 radical (unpaired) electrons. The van der Waals surface area contributed by atoms with E-state index in [4.69, 9.17) is 5.73 Å². The molecule has 0 spiro atoms. The Bertz CT molecular complexity index is 1230. The van der Waals surface area contributed by atoms with Crippen molar-refractivity contribution >= 4 is 22.6 Å². The summed E-state index contributed by atoms with van der Waals surface area (Å²) < 4.78 is 0. The Balaban J connectivity index is 1.79. The molecule has 0 saturated carbocycles. The molecule has 1 fully saturated rings. The number of likely N-dealkylation sites (tertiary alicyclic amines) is 1. The van der Waals surface area contributed by atoms with Crippen LogP contribution < -0.4 is 5.73 Å². The van der Waals surface area contributed by atoms with E-state index in [1.807, 2.05) is 24.3 Å². The monoisotopic (exact) mass is 415 g/mol. The molecule has 3 heterocycles. The van der Waals surface area contributed by atoms with Gasteiger partial charge in [0, 0.05) is 48.9 Å². The number of aromatic nitrogens is 3. The molecule has 0 aliphatic carbocycles. The van der Waals surface area contributed by atoms with Gasteiger partial charge in [-0.25, -0.2) is 15.0 Å². The molecule has 1 saturated heterocycles. The van der Waals surface area contributed by atoms with Crippen molar-refractivity contribution in [2.24, 2.45) is 5.92 Å². The van der Waals surface area contributed by atoms with Crippen molar-refractivity contribution in [3.05, 3.63) is 47.8 Å². The molecule has 2 aromatic heterocycles. The summed E-state index contributed by atoms with van der Waals surface area (Å²) in [5.74, 6) is 6.73. The zero-order valence-electron chi connectivity index (χ0n) is 17.9. The Morgan fingerprint density at radius 2 is 2.10 bits per heavy atom. The maximum atomic E-state index is 12.2. The number of aliphatic hydroxyl groups is 1. The Kier molecular flexibility index (Phi) is 5.34. The average Bonchev–Trinajstić information content (AvgIpc) is 3.01. The fraction of sp³-hybridized carbons (Fsp3) is 0.333. The molecule has 7 heteroatoms. The molecular weight excluding hydrogens is 390 g/mol. The van der Waals surface area contributed by atoms with Gasteiger partial charge in [0.15, 0.2) is 5.82 Å². The van der Waals surface area contributed by atoms with Crippen molar-refractivity contribution in [1.29, 1.82) is 0 Å². The van der Waals surface area contributed by atoms with Crippen LogP contribution in [-0.4, -0.2) is 50.1 Å². The molecule has 7 nitrogen and oxygen atoms in total. The van der Waals surface area contributed by atoms with Gasteiger partial charge in [-0.05, 0) is 36.1 Å². The summed E-state index contributed by atoms with van der Waals surface area (Å²) in [7, 11) is 1.67. The number of carbonyl (C=O) groups excluding carboxylic acids is 1. The summed E-state index contributed by atoms with van der Waals surface area (Å²) in [4.78, 5) is 27.0. The number of likely N-dealkylation sites (N-methyl/N-ethyl adjacent to an activating group) is 1. The van der Waals surface area contributed by atoms with E-state index in [0.717, 1.165) is 22.9 Å². The molecule has 3 N–H and O–H groups in total. The third-order valence-corrected chi connectivity index (χ3v) is 5.43. The van der Waals surface area contributed by atoms with Gasteiger partial charge in [0.25, 0.3) is 5.91 Å². The number of rotatable bonds is 3. The summed E-state index contributed by atoms with van der Waals surface area (Å²) >= 11 is 0. The Morgan fingerprint density at radius 1 is 1.29 bits per heavy atom. The number of nitrogens with zero attached hydrogens (tertiary/aromatic N) is 4. The number of hydrogen-bond donors (Lipinski definition) is 2. The highest BCUT2D eigenvalue weighted by atomic mass is 16.3. The third kappa shape index (κ3) is 4.07. The first-order valence-electron chi connectivity index (χ1n) is 10.3. The Hall–Kier alpha value is -3.50. The average molecular weight is 415 g/mol. The predicted octanol–water partition coefficient (Wildman–Crippen LogP) is 2.42. The van der Waals surface area contributed by atoms with Crippen molar-refractivity contribution in [2.75, 3.05) is 19.3 Å². The highest BCUT2D eigenvalue weighted by molar-refractivity contribution is 5.90. The minimum Gasteiger partial charge on any atom is -0.382 e. The summed E-state index contributed by atoms with van der Waals surface area (Å²) in [6.45, 7) is 4.79. The van der Waals surface area contributed by atoms with Crippen LogP contribution in [0.3, 0.4) is 0 Å². The van der Waals surface area contributed by atoms with Crippen LogP contribution in [0.1, 0.15) is 31.4 Å². The summed E-state index contributed by atoms with van der Waals surface area (Å²) in [6.07, 6.45) is 4.52. The van der Waals surface area contributed by atoms with Crippen LogP contribution in [0.2, 0.25) is 0 Å². The van der Waals surface area contributed by atoms with Gasteiger partial charge >= 0.3 is 0 Å². The van der Waals surface area contributed by atoms with Crippen molar-refractivity contribution in [3.8, 4) is 23.2 Å². The van der Waals surface area contributed by atoms with Crippen LogP contribution in [0.15, 0.2) is 36.7 Å². The van der Waals surface area contributed by atoms with Crippen LogP contribution in [0.5, 0.6) is 0 Å². The fourth-order valence-corrected chi connectivity index (χ4v) is 3.73. The number of carbonyl (C=O) groups is 1. The molecule has 0 unspecified atom stereocenters. The molecule has 3 aromatic rings. The maximum Gasteiger partial charge on any atom is 0.267 e. The molecular formula is C24H25N5O2. The Morgan fingerprint density at radius 3 is 2.81 bits per heavy atom. The highest BCUT2D eigenvalue weighted by Gasteiger charge is 2.42. The van der Waals surface area contributed by atoms with E-state index in [1.165, 1.54) is 4.90 Å². The lowest BCUT2D eigenvalue weighted by atomic mass is 9.95. The highest BCUT2D eigenvalue weighted by Crippen LogP contribution is 2.27. The van der Waals surface area contributed by atoms with Crippen molar-refractivity contribution < 1.29 is 9.90 Å². The smallest absolute Gasteiger partial charge is 0.267 e. The number of amides is 1. The van der Waals surface area contributed by atoms with E-state index in [-0.39, 0.29) is 5.91 Å². The minimum atomic E-state index is -1.63. The lowest BCUT2D eigenvalue weighted by Crippen LogP contribution is -2.37. The van der Waals surface area contributed by atoms with Gasteiger partial charge in [-0.15, -0.1) is 0 Å². The Labute approximate surface area is 181 Å². The summed E-state index contributed by atoms with van der Waals surface area (Å²) in [5, 5.41) is 11.4. The summed E-state index contributed by atoms with van der Waals surface area (Å²) in [5.41, 5.74) is 7.62. The van der Waals surface area contributed by atoms with Gasteiger partial charge in [0.05, 0.1) is 0 Å².